The van der Waals surface area contributed by atoms with Crippen LogP contribution in [0.25, 0.3) is 0 Å². The van der Waals surface area contributed by atoms with Gasteiger partial charge in [0.2, 0.25) is 0 Å². The zero-order valence-corrected chi connectivity index (χ0v) is 15.0. The summed E-state index contributed by atoms with van der Waals surface area (Å²) in [5, 5.41) is 14.5. The van der Waals surface area contributed by atoms with Crippen LogP contribution in [0.4, 0.5) is 5.69 Å². The highest BCUT2D eigenvalue weighted by Gasteiger charge is 2.18. The number of carboxylic acid groups (broad SMARTS) is 1. The fourth-order valence-corrected chi connectivity index (χ4v) is 2.14. The van der Waals surface area contributed by atoms with Gasteiger partial charge in [-0.25, -0.2) is 4.79 Å². The molecule has 0 radical (unpaired) electrons. The molecule has 0 fully saturated rings. The Morgan fingerprint density at radius 1 is 0.846 bits per heavy atom. The molecule has 0 bridgehead atoms. The van der Waals surface area contributed by atoms with Crippen molar-refractivity contribution in [3.8, 4) is 0 Å². The Balaban J connectivity index is 2.03. The van der Waals surface area contributed by atoms with Crippen LogP contribution in [0.2, 0.25) is 0 Å². The van der Waals surface area contributed by atoms with Gasteiger partial charge in [0.05, 0.1) is 5.56 Å². The van der Waals surface area contributed by atoms with E-state index in [2.05, 4.69) is 10.6 Å². The third-order valence-electron chi connectivity index (χ3n) is 4.13. The van der Waals surface area contributed by atoms with Crippen LogP contribution in [0, 0.1) is 0 Å². The van der Waals surface area contributed by atoms with Crippen LogP contribution in [-0.2, 0) is 0 Å². The number of nitrogens with one attached hydrogen (secondary N) is 2. The summed E-state index contributed by atoms with van der Waals surface area (Å²) in [6, 6.07) is 12.2. The molecule has 0 aliphatic rings. The minimum Gasteiger partial charge on any atom is -0.478 e. The van der Waals surface area contributed by atoms with Crippen molar-refractivity contribution in [2.45, 2.75) is 32.7 Å². The van der Waals surface area contributed by atoms with Crippen molar-refractivity contribution in [3.05, 3.63) is 65.2 Å². The number of carboxylic acids is 1. The number of carbonyl (C=O) groups is 3. The molecule has 0 saturated carbocycles. The molecule has 0 atom stereocenters. The zero-order valence-electron chi connectivity index (χ0n) is 15.0. The lowest BCUT2D eigenvalue weighted by atomic mass is 10.0. The van der Waals surface area contributed by atoms with Gasteiger partial charge < -0.3 is 15.7 Å². The number of aromatic carboxylic acids is 1. The van der Waals surface area contributed by atoms with Crippen molar-refractivity contribution in [1.82, 2.24) is 5.32 Å². The van der Waals surface area contributed by atoms with Crippen LogP contribution >= 0.6 is 0 Å². The van der Waals surface area contributed by atoms with Crippen LogP contribution in [0.1, 0.15) is 58.3 Å². The van der Waals surface area contributed by atoms with Gasteiger partial charge in [-0.05, 0) is 68.8 Å². The van der Waals surface area contributed by atoms with E-state index in [0.717, 1.165) is 6.42 Å². The van der Waals surface area contributed by atoms with Crippen LogP contribution < -0.4 is 10.6 Å². The molecule has 3 N–H and O–H groups in total. The molecule has 2 amide bonds. The molecule has 6 nitrogen and oxygen atoms in total. The number of anilines is 1. The molecule has 0 aliphatic heterocycles. The second-order valence-electron chi connectivity index (χ2n) is 6.61. The maximum absolute atomic E-state index is 12.2. The highest BCUT2D eigenvalue weighted by atomic mass is 16.4. The predicted molar refractivity (Wildman–Crippen MR) is 99.6 cm³/mol. The number of rotatable bonds is 6. The maximum atomic E-state index is 12.2. The Morgan fingerprint density at radius 3 is 1.81 bits per heavy atom. The summed E-state index contributed by atoms with van der Waals surface area (Å²) in [6.45, 7) is 5.91. The van der Waals surface area contributed by atoms with E-state index in [1.54, 1.807) is 24.3 Å². The predicted octanol–water partition coefficient (Wildman–Crippen LogP) is 3.56. The lowest BCUT2D eigenvalue weighted by molar-refractivity contribution is 0.0696. The Labute approximate surface area is 152 Å². The van der Waals surface area contributed by atoms with Crippen molar-refractivity contribution >= 4 is 23.5 Å². The van der Waals surface area contributed by atoms with Gasteiger partial charge in [0.25, 0.3) is 11.8 Å². The SMILES string of the molecule is CCC(C)(C)NC(=O)c1ccc(NC(=O)c2ccc(C(=O)O)cc2)cc1. The van der Waals surface area contributed by atoms with Crippen molar-refractivity contribution in [3.63, 3.8) is 0 Å². The van der Waals surface area contributed by atoms with Gasteiger partial charge in [-0.3, -0.25) is 9.59 Å². The average Bonchev–Trinajstić information content (AvgIpc) is 2.62. The lowest BCUT2D eigenvalue weighted by Crippen LogP contribution is -2.42. The highest BCUT2D eigenvalue weighted by Crippen LogP contribution is 2.14. The van der Waals surface area contributed by atoms with E-state index in [1.807, 2.05) is 20.8 Å². The molecule has 0 aromatic heterocycles. The first-order valence-electron chi connectivity index (χ1n) is 8.29. The molecule has 2 aromatic rings. The first-order chi connectivity index (χ1) is 12.2. The van der Waals surface area contributed by atoms with Gasteiger partial charge >= 0.3 is 5.97 Å². The summed E-state index contributed by atoms with van der Waals surface area (Å²) < 4.78 is 0. The van der Waals surface area contributed by atoms with Crippen LogP contribution in [0.5, 0.6) is 0 Å². The Morgan fingerprint density at radius 2 is 1.31 bits per heavy atom. The van der Waals surface area contributed by atoms with E-state index in [1.165, 1.54) is 24.3 Å². The minimum atomic E-state index is -1.04. The van der Waals surface area contributed by atoms with Crippen LogP contribution in [0.15, 0.2) is 48.5 Å². The lowest BCUT2D eigenvalue weighted by Gasteiger charge is -2.24. The fraction of sp³-hybridized carbons (Fsp3) is 0.250. The second kappa shape index (κ2) is 7.82. The monoisotopic (exact) mass is 354 g/mol. The first-order valence-corrected chi connectivity index (χ1v) is 8.29. The third-order valence-corrected chi connectivity index (χ3v) is 4.13. The van der Waals surface area contributed by atoms with E-state index in [9.17, 15) is 14.4 Å². The van der Waals surface area contributed by atoms with Crippen LogP contribution in [-0.4, -0.2) is 28.4 Å². The summed E-state index contributed by atoms with van der Waals surface area (Å²) >= 11 is 0. The first kappa shape index (κ1) is 19.2. The van der Waals surface area contributed by atoms with Crippen molar-refractivity contribution in [2.24, 2.45) is 0 Å². The summed E-state index contributed by atoms with van der Waals surface area (Å²) in [5.74, 6) is -1.57. The summed E-state index contributed by atoms with van der Waals surface area (Å²) in [4.78, 5) is 35.3. The van der Waals surface area contributed by atoms with Gasteiger partial charge in [0.15, 0.2) is 0 Å². The van der Waals surface area contributed by atoms with E-state index < -0.39 is 5.97 Å². The third kappa shape index (κ3) is 4.92. The minimum absolute atomic E-state index is 0.118. The van der Waals surface area contributed by atoms with E-state index in [-0.39, 0.29) is 22.9 Å². The molecule has 2 aromatic carbocycles. The Hall–Kier alpha value is -3.15. The Kier molecular flexibility index (Phi) is 5.77. The molecule has 136 valence electrons. The number of carbonyl (C=O) groups excluding carboxylic acids is 2. The number of amides is 2. The molecule has 0 spiro atoms. The normalized spacial score (nSPS) is 10.9. The van der Waals surface area contributed by atoms with E-state index in [0.29, 0.717) is 16.8 Å². The Bertz CT molecular complexity index is 809. The standard InChI is InChI=1S/C20H22N2O4/c1-4-20(2,3)22-18(24)14-9-11-16(12-10-14)21-17(23)13-5-7-15(8-6-13)19(25)26/h5-12H,4H2,1-3H3,(H,21,23)(H,22,24)(H,25,26). The number of benzene rings is 2. The van der Waals surface area contributed by atoms with Gasteiger partial charge in [0.1, 0.15) is 0 Å². The molecule has 6 heteroatoms. The molecule has 0 aliphatic carbocycles. The van der Waals surface area contributed by atoms with Gasteiger partial charge in [-0.2, -0.15) is 0 Å². The van der Waals surface area contributed by atoms with Crippen molar-refractivity contribution in [1.29, 1.82) is 0 Å². The molecule has 2 rings (SSSR count). The summed E-state index contributed by atoms with van der Waals surface area (Å²) in [5.41, 5.74) is 1.24. The van der Waals surface area contributed by atoms with Gasteiger partial charge in [0, 0.05) is 22.4 Å². The molecular weight excluding hydrogens is 332 g/mol. The second-order valence-corrected chi connectivity index (χ2v) is 6.61. The molecule has 0 heterocycles. The quantitative estimate of drug-likeness (QED) is 0.739. The van der Waals surface area contributed by atoms with Gasteiger partial charge in [-0.15, -0.1) is 0 Å². The summed E-state index contributed by atoms with van der Waals surface area (Å²) in [7, 11) is 0. The fourth-order valence-electron chi connectivity index (χ4n) is 2.14. The van der Waals surface area contributed by atoms with E-state index >= 15 is 0 Å². The zero-order chi connectivity index (χ0) is 19.3. The average molecular weight is 354 g/mol. The molecule has 26 heavy (non-hydrogen) atoms. The molecular formula is C20H22N2O4. The smallest absolute Gasteiger partial charge is 0.335 e. The van der Waals surface area contributed by atoms with E-state index in [4.69, 9.17) is 5.11 Å². The van der Waals surface area contributed by atoms with Crippen molar-refractivity contribution in [2.75, 3.05) is 5.32 Å². The summed E-state index contributed by atoms with van der Waals surface area (Å²) in [6.07, 6.45) is 0.813. The molecule has 0 saturated heterocycles. The topological polar surface area (TPSA) is 95.5 Å². The van der Waals surface area contributed by atoms with Crippen LogP contribution in [0.3, 0.4) is 0 Å². The highest BCUT2D eigenvalue weighted by molar-refractivity contribution is 6.05. The molecule has 0 unspecified atom stereocenters. The van der Waals surface area contributed by atoms with Gasteiger partial charge in [-0.1, -0.05) is 6.92 Å². The number of hydrogen-bond acceptors (Lipinski definition) is 3. The maximum Gasteiger partial charge on any atom is 0.335 e. The largest absolute Gasteiger partial charge is 0.478 e. The number of hydrogen-bond donors (Lipinski definition) is 3. The van der Waals surface area contributed by atoms with Crippen molar-refractivity contribution < 1.29 is 19.5 Å².